The second kappa shape index (κ2) is 8.12. The molecular weight excluding hydrogens is 375 g/mol. The van der Waals surface area contributed by atoms with E-state index >= 15 is 0 Å². The van der Waals surface area contributed by atoms with Crippen molar-refractivity contribution in [3.05, 3.63) is 59.1 Å². The number of carboxylic acid groups (broad SMARTS) is 1. The number of aliphatic carboxylic acids is 1. The number of nitrogens with zero attached hydrogens (tertiary/aromatic N) is 3. The number of benzene rings is 1. The summed E-state index contributed by atoms with van der Waals surface area (Å²) in [4.78, 5) is 23.3. The van der Waals surface area contributed by atoms with E-state index in [4.69, 9.17) is 28.3 Å². The van der Waals surface area contributed by atoms with Gasteiger partial charge in [0, 0.05) is 12.6 Å². The van der Waals surface area contributed by atoms with Crippen molar-refractivity contribution in [3.63, 3.8) is 0 Å². The minimum Gasteiger partial charge on any atom is -0.481 e. The maximum atomic E-state index is 10.6. The third-order valence-corrected chi connectivity index (χ3v) is 4.37. The molecule has 2 heterocycles. The first-order chi connectivity index (χ1) is 12.6. The lowest BCUT2D eigenvalue weighted by Gasteiger charge is -2.10. The lowest BCUT2D eigenvalue weighted by molar-refractivity contribution is -0.136. The molecule has 2 N–H and O–H groups in total. The molecule has 3 rings (SSSR count). The fourth-order valence-corrected chi connectivity index (χ4v) is 2.73. The molecular formula is C18H14Cl2N4O2. The van der Waals surface area contributed by atoms with Gasteiger partial charge in [0.1, 0.15) is 12.1 Å². The number of pyridine rings is 1. The Kier molecular flexibility index (Phi) is 5.65. The zero-order chi connectivity index (χ0) is 18.5. The maximum absolute atomic E-state index is 10.6. The van der Waals surface area contributed by atoms with Gasteiger partial charge in [-0.3, -0.25) is 4.79 Å². The predicted molar refractivity (Wildman–Crippen MR) is 102 cm³/mol. The van der Waals surface area contributed by atoms with E-state index in [0.29, 0.717) is 27.9 Å². The topological polar surface area (TPSA) is 88.0 Å². The Labute approximate surface area is 159 Å². The number of carboxylic acids is 1. The molecule has 0 aliphatic rings. The lowest BCUT2D eigenvalue weighted by Crippen LogP contribution is -1.98. The molecule has 6 nitrogen and oxygen atoms in total. The summed E-state index contributed by atoms with van der Waals surface area (Å²) < 4.78 is 0. The average molecular weight is 389 g/mol. The number of nitrogens with one attached hydrogen (secondary N) is 1. The molecule has 0 saturated carbocycles. The summed E-state index contributed by atoms with van der Waals surface area (Å²) in [6.45, 7) is 0. The van der Waals surface area contributed by atoms with Crippen molar-refractivity contribution in [2.45, 2.75) is 12.8 Å². The fraction of sp³-hybridized carbons (Fsp3) is 0.111. The molecule has 0 aliphatic carbocycles. The van der Waals surface area contributed by atoms with E-state index in [1.165, 1.54) is 6.33 Å². The number of carbonyl (C=O) groups is 1. The second-order valence-corrected chi connectivity index (χ2v) is 6.20. The van der Waals surface area contributed by atoms with E-state index in [-0.39, 0.29) is 6.42 Å². The van der Waals surface area contributed by atoms with E-state index in [1.54, 1.807) is 30.6 Å². The van der Waals surface area contributed by atoms with Crippen molar-refractivity contribution in [2.24, 2.45) is 0 Å². The molecule has 3 aromatic rings. The Morgan fingerprint density at radius 1 is 1.15 bits per heavy atom. The normalized spacial score (nSPS) is 11.2. The summed E-state index contributed by atoms with van der Waals surface area (Å²) in [5, 5.41) is 13.4. The van der Waals surface area contributed by atoms with Crippen LogP contribution in [0.5, 0.6) is 0 Å². The molecule has 0 fully saturated rings. The van der Waals surface area contributed by atoms with Gasteiger partial charge in [0.15, 0.2) is 5.65 Å². The van der Waals surface area contributed by atoms with E-state index in [1.807, 2.05) is 12.1 Å². The van der Waals surface area contributed by atoms with E-state index in [0.717, 1.165) is 16.5 Å². The Balaban J connectivity index is 1.99. The highest BCUT2D eigenvalue weighted by molar-refractivity contribution is 6.42. The number of hydrogen-bond donors (Lipinski definition) is 2. The lowest BCUT2D eigenvalue weighted by atomic mass is 10.0. The Morgan fingerprint density at radius 2 is 2.00 bits per heavy atom. The van der Waals surface area contributed by atoms with Crippen LogP contribution in [0.1, 0.15) is 12.8 Å². The van der Waals surface area contributed by atoms with Gasteiger partial charge in [-0.15, -0.1) is 0 Å². The smallest absolute Gasteiger partial charge is 0.303 e. The number of anilines is 1. The van der Waals surface area contributed by atoms with Crippen LogP contribution in [0.2, 0.25) is 10.0 Å². The number of hydrogen-bond acceptors (Lipinski definition) is 5. The van der Waals surface area contributed by atoms with Crippen molar-refractivity contribution >= 4 is 46.0 Å². The molecule has 0 bridgehead atoms. The molecule has 26 heavy (non-hydrogen) atoms. The molecule has 0 saturated heterocycles. The van der Waals surface area contributed by atoms with Gasteiger partial charge >= 0.3 is 5.97 Å². The first-order valence-corrected chi connectivity index (χ1v) is 8.50. The summed E-state index contributed by atoms with van der Waals surface area (Å²) in [6, 6.07) is 7.22. The third-order valence-electron chi connectivity index (χ3n) is 3.63. The third kappa shape index (κ3) is 4.09. The first-order valence-electron chi connectivity index (χ1n) is 7.74. The number of halogens is 2. The van der Waals surface area contributed by atoms with Gasteiger partial charge in [-0.2, -0.15) is 0 Å². The number of rotatable bonds is 6. The largest absolute Gasteiger partial charge is 0.481 e. The Bertz CT molecular complexity index is 987. The molecule has 2 aromatic heterocycles. The van der Waals surface area contributed by atoms with Crippen LogP contribution >= 0.6 is 23.2 Å². The van der Waals surface area contributed by atoms with Crippen molar-refractivity contribution in [3.8, 4) is 11.1 Å². The summed E-state index contributed by atoms with van der Waals surface area (Å²) >= 11 is 12.2. The summed E-state index contributed by atoms with van der Waals surface area (Å²) in [7, 11) is 0. The summed E-state index contributed by atoms with van der Waals surface area (Å²) in [5.74, 6) is -0.274. The van der Waals surface area contributed by atoms with Crippen LogP contribution in [0.15, 0.2) is 49.1 Å². The minimum absolute atomic E-state index is 0.0682. The number of allylic oxidation sites excluding steroid dienone is 1. The van der Waals surface area contributed by atoms with Gasteiger partial charge in [0.25, 0.3) is 0 Å². The summed E-state index contributed by atoms with van der Waals surface area (Å²) in [5.41, 5.74) is 2.25. The van der Waals surface area contributed by atoms with E-state index in [9.17, 15) is 4.79 Å². The minimum atomic E-state index is -0.840. The molecule has 0 radical (unpaired) electrons. The Hall–Kier alpha value is -2.70. The summed E-state index contributed by atoms with van der Waals surface area (Å²) in [6.07, 6.45) is 6.97. The van der Waals surface area contributed by atoms with Crippen LogP contribution in [0.3, 0.4) is 0 Å². The number of fused-ring (bicyclic) bond motifs is 1. The molecule has 0 unspecified atom stereocenters. The van der Waals surface area contributed by atoms with Crippen LogP contribution in [0.4, 0.5) is 5.82 Å². The van der Waals surface area contributed by atoms with Crippen LogP contribution in [0.25, 0.3) is 22.2 Å². The number of aromatic nitrogens is 3. The Morgan fingerprint density at radius 3 is 2.77 bits per heavy atom. The quantitative estimate of drug-likeness (QED) is 0.630. The highest BCUT2D eigenvalue weighted by atomic mass is 35.5. The molecule has 132 valence electrons. The van der Waals surface area contributed by atoms with Crippen molar-refractivity contribution in [2.75, 3.05) is 5.32 Å². The van der Waals surface area contributed by atoms with Gasteiger partial charge in [-0.1, -0.05) is 35.3 Å². The molecule has 0 atom stereocenters. The predicted octanol–water partition coefficient (Wildman–Crippen LogP) is 4.79. The fourth-order valence-electron chi connectivity index (χ4n) is 2.43. The second-order valence-electron chi connectivity index (χ2n) is 5.39. The standard InChI is InChI=1S/C18H14Cl2N4O2/c19-13-5-4-11(9-14(13)20)12-6-8-22-18-16(12)17(23-10-24-18)21-7-2-1-3-15(25)26/h2,4-10H,1,3H2,(H,25,26)(H,21,22,23,24)/b7-2+. The van der Waals surface area contributed by atoms with Gasteiger partial charge < -0.3 is 10.4 Å². The zero-order valence-corrected chi connectivity index (χ0v) is 15.0. The molecule has 0 spiro atoms. The van der Waals surface area contributed by atoms with Crippen LogP contribution in [-0.4, -0.2) is 26.0 Å². The SMILES string of the molecule is O=C(O)CC/C=C/Nc1ncnc2nccc(-c3ccc(Cl)c(Cl)c3)c12. The highest BCUT2D eigenvalue weighted by Gasteiger charge is 2.12. The zero-order valence-electron chi connectivity index (χ0n) is 13.5. The van der Waals surface area contributed by atoms with Crippen LogP contribution < -0.4 is 5.32 Å². The van der Waals surface area contributed by atoms with E-state index < -0.39 is 5.97 Å². The van der Waals surface area contributed by atoms with Crippen molar-refractivity contribution in [1.82, 2.24) is 15.0 Å². The van der Waals surface area contributed by atoms with Gasteiger partial charge in [0.2, 0.25) is 0 Å². The maximum Gasteiger partial charge on any atom is 0.303 e. The monoisotopic (exact) mass is 388 g/mol. The van der Waals surface area contributed by atoms with Gasteiger partial charge in [-0.05, 0) is 41.9 Å². The van der Waals surface area contributed by atoms with Crippen molar-refractivity contribution < 1.29 is 9.90 Å². The van der Waals surface area contributed by atoms with Gasteiger partial charge in [-0.25, -0.2) is 15.0 Å². The van der Waals surface area contributed by atoms with Crippen LogP contribution in [-0.2, 0) is 4.79 Å². The molecule has 1 aromatic carbocycles. The van der Waals surface area contributed by atoms with Crippen LogP contribution in [0, 0.1) is 0 Å². The first kappa shape index (κ1) is 18.1. The molecule has 8 heteroatoms. The molecule has 0 amide bonds. The van der Waals surface area contributed by atoms with E-state index in [2.05, 4.69) is 20.3 Å². The highest BCUT2D eigenvalue weighted by Crippen LogP contribution is 2.34. The van der Waals surface area contributed by atoms with Crippen molar-refractivity contribution in [1.29, 1.82) is 0 Å². The average Bonchev–Trinajstić information content (AvgIpc) is 2.63. The molecule has 0 aliphatic heterocycles. The van der Waals surface area contributed by atoms with Gasteiger partial charge in [0.05, 0.1) is 15.4 Å².